The molecule has 1 amide bonds. The molecule has 0 unspecified atom stereocenters. The van der Waals surface area contributed by atoms with Gasteiger partial charge < -0.3 is 9.47 Å². The molecular weight excluding hydrogens is 530 g/mol. The van der Waals surface area contributed by atoms with Crippen molar-refractivity contribution in [3.05, 3.63) is 82.8 Å². The number of nitrogens with one attached hydrogen (secondary N) is 1. The Bertz CT molecular complexity index is 1320. The van der Waals surface area contributed by atoms with Crippen LogP contribution >= 0.6 is 27.7 Å². The van der Waals surface area contributed by atoms with Gasteiger partial charge in [-0.2, -0.15) is 5.10 Å². The molecule has 3 aromatic carbocycles. The van der Waals surface area contributed by atoms with Gasteiger partial charge in [0.2, 0.25) is 0 Å². The van der Waals surface area contributed by atoms with Crippen molar-refractivity contribution in [2.24, 2.45) is 5.10 Å². The highest BCUT2D eigenvalue weighted by Gasteiger charge is 2.17. The molecule has 35 heavy (non-hydrogen) atoms. The highest BCUT2D eigenvalue weighted by Crippen LogP contribution is 2.29. The second kappa shape index (κ2) is 11.7. The van der Waals surface area contributed by atoms with E-state index in [2.05, 4.69) is 36.7 Å². The van der Waals surface area contributed by atoms with E-state index in [1.807, 2.05) is 77.4 Å². The molecule has 4 aromatic rings. The average molecular weight is 552 g/mol. The van der Waals surface area contributed by atoms with Gasteiger partial charge in [-0.1, -0.05) is 45.9 Å². The molecule has 0 saturated heterocycles. The number of aromatic nitrogens is 3. The Morgan fingerprint density at radius 1 is 1.00 bits per heavy atom. The molecule has 8 nitrogen and oxygen atoms in total. The standard InChI is InChI=1S/C25H22BrN5O3S/c1-33-20-11-7-17(8-12-20)24-29-30-25(31(24)19-9-13-21(34-2)14-10-19)35-16-23(32)28-27-15-18-5-3-4-6-22(18)26/h3-15H,16H2,1-2H3,(H,28,32). The topological polar surface area (TPSA) is 90.6 Å². The number of hydrogen-bond acceptors (Lipinski definition) is 7. The lowest BCUT2D eigenvalue weighted by molar-refractivity contribution is -0.118. The third-order valence-corrected chi connectivity index (χ3v) is 6.59. The number of halogens is 1. The van der Waals surface area contributed by atoms with Gasteiger partial charge in [0.15, 0.2) is 11.0 Å². The molecule has 1 aromatic heterocycles. The fourth-order valence-corrected chi connectivity index (χ4v) is 4.30. The summed E-state index contributed by atoms with van der Waals surface area (Å²) in [5, 5.41) is 13.4. The van der Waals surface area contributed by atoms with Gasteiger partial charge in [0.25, 0.3) is 5.91 Å². The minimum atomic E-state index is -0.256. The molecule has 178 valence electrons. The molecule has 0 aliphatic rings. The van der Waals surface area contributed by atoms with E-state index in [0.717, 1.165) is 32.8 Å². The van der Waals surface area contributed by atoms with Gasteiger partial charge >= 0.3 is 0 Å². The normalized spacial score (nSPS) is 10.9. The molecule has 0 aliphatic heterocycles. The lowest BCUT2D eigenvalue weighted by Gasteiger charge is -2.11. The van der Waals surface area contributed by atoms with Crippen molar-refractivity contribution in [1.82, 2.24) is 20.2 Å². The Kier molecular flexibility index (Phi) is 8.17. The molecule has 1 N–H and O–H groups in total. The molecule has 0 radical (unpaired) electrons. The SMILES string of the molecule is COc1ccc(-c2nnc(SCC(=O)NN=Cc3ccccc3Br)n2-c2ccc(OC)cc2)cc1. The zero-order valence-corrected chi connectivity index (χ0v) is 21.4. The first-order chi connectivity index (χ1) is 17.1. The van der Waals surface area contributed by atoms with E-state index in [0.29, 0.717) is 11.0 Å². The molecule has 0 bridgehead atoms. The number of carbonyl (C=O) groups excluding carboxylic acids is 1. The van der Waals surface area contributed by atoms with Crippen LogP contribution in [-0.4, -0.2) is 46.9 Å². The number of hydrazone groups is 1. The van der Waals surface area contributed by atoms with Gasteiger partial charge in [0.1, 0.15) is 11.5 Å². The Morgan fingerprint density at radius 2 is 1.66 bits per heavy atom. The van der Waals surface area contributed by atoms with Crippen molar-refractivity contribution in [1.29, 1.82) is 0 Å². The van der Waals surface area contributed by atoms with Crippen LogP contribution in [0.3, 0.4) is 0 Å². The maximum Gasteiger partial charge on any atom is 0.250 e. The second-order valence-electron chi connectivity index (χ2n) is 7.17. The monoisotopic (exact) mass is 551 g/mol. The van der Waals surface area contributed by atoms with Crippen molar-refractivity contribution in [2.75, 3.05) is 20.0 Å². The number of nitrogens with zero attached hydrogens (tertiary/aromatic N) is 4. The van der Waals surface area contributed by atoms with Crippen molar-refractivity contribution in [2.45, 2.75) is 5.16 Å². The van der Waals surface area contributed by atoms with E-state index in [-0.39, 0.29) is 11.7 Å². The van der Waals surface area contributed by atoms with Crippen LogP contribution in [-0.2, 0) is 4.79 Å². The minimum absolute atomic E-state index is 0.115. The summed E-state index contributed by atoms with van der Waals surface area (Å²) < 4.78 is 13.3. The number of hydrogen-bond donors (Lipinski definition) is 1. The van der Waals surface area contributed by atoms with Crippen LogP contribution in [0.1, 0.15) is 5.56 Å². The Labute approximate surface area is 215 Å². The largest absolute Gasteiger partial charge is 0.497 e. The van der Waals surface area contributed by atoms with Crippen LogP contribution in [0, 0.1) is 0 Å². The third kappa shape index (κ3) is 6.09. The maximum atomic E-state index is 12.4. The summed E-state index contributed by atoms with van der Waals surface area (Å²) in [6.07, 6.45) is 1.59. The zero-order chi connectivity index (χ0) is 24.6. The Balaban J connectivity index is 1.54. The molecule has 4 rings (SSSR count). The summed E-state index contributed by atoms with van der Waals surface area (Å²) in [6, 6.07) is 22.8. The van der Waals surface area contributed by atoms with Crippen LogP contribution in [0.15, 0.2) is 87.5 Å². The van der Waals surface area contributed by atoms with Gasteiger partial charge in [-0.15, -0.1) is 10.2 Å². The van der Waals surface area contributed by atoms with Crippen LogP contribution in [0.25, 0.3) is 17.1 Å². The quantitative estimate of drug-likeness (QED) is 0.180. The summed E-state index contributed by atoms with van der Waals surface area (Å²) in [4.78, 5) is 12.4. The van der Waals surface area contributed by atoms with E-state index in [1.54, 1.807) is 20.4 Å². The number of thioether (sulfide) groups is 1. The van der Waals surface area contributed by atoms with Gasteiger partial charge in [-0.05, 0) is 54.6 Å². The molecule has 0 spiro atoms. The van der Waals surface area contributed by atoms with Crippen LogP contribution in [0.5, 0.6) is 11.5 Å². The molecule has 1 heterocycles. The first-order valence-corrected chi connectivity index (χ1v) is 12.3. The zero-order valence-electron chi connectivity index (χ0n) is 19.0. The Morgan fingerprint density at radius 3 is 2.31 bits per heavy atom. The lowest BCUT2D eigenvalue weighted by Crippen LogP contribution is -2.20. The summed E-state index contributed by atoms with van der Waals surface area (Å²) in [5.74, 6) is 1.99. The predicted octanol–water partition coefficient (Wildman–Crippen LogP) is 4.96. The maximum absolute atomic E-state index is 12.4. The second-order valence-corrected chi connectivity index (χ2v) is 8.97. The highest BCUT2D eigenvalue weighted by atomic mass is 79.9. The molecular formula is C25H22BrN5O3S. The Hall–Kier alpha value is -3.63. The number of ether oxygens (including phenoxy) is 2. The van der Waals surface area contributed by atoms with E-state index < -0.39 is 0 Å². The minimum Gasteiger partial charge on any atom is -0.497 e. The number of carbonyl (C=O) groups is 1. The molecule has 0 atom stereocenters. The predicted molar refractivity (Wildman–Crippen MR) is 141 cm³/mol. The highest BCUT2D eigenvalue weighted by molar-refractivity contribution is 9.10. The van der Waals surface area contributed by atoms with Crippen molar-refractivity contribution < 1.29 is 14.3 Å². The first-order valence-electron chi connectivity index (χ1n) is 10.5. The van der Waals surface area contributed by atoms with Crippen molar-refractivity contribution in [3.8, 4) is 28.6 Å². The number of rotatable bonds is 9. The fraction of sp³-hybridized carbons (Fsp3) is 0.120. The number of amides is 1. The first kappa shape index (κ1) is 24.5. The average Bonchev–Trinajstić information content (AvgIpc) is 3.32. The van der Waals surface area contributed by atoms with Gasteiger partial charge in [-0.3, -0.25) is 9.36 Å². The van der Waals surface area contributed by atoms with Crippen LogP contribution in [0.2, 0.25) is 0 Å². The number of methoxy groups -OCH3 is 2. The third-order valence-electron chi connectivity index (χ3n) is 4.94. The van der Waals surface area contributed by atoms with Gasteiger partial charge in [0, 0.05) is 21.3 Å². The van der Waals surface area contributed by atoms with Crippen molar-refractivity contribution in [3.63, 3.8) is 0 Å². The lowest BCUT2D eigenvalue weighted by atomic mass is 10.2. The molecule has 10 heteroatoms. The summed E-state index contributed by atoms with van der Waals surface area (Å²) in [6.45, 7) is 0. The van der Waals surface area contributed by atoms with E-state index >= 15 is 0 Å². The van der Waals surface area contributed by atoms with E-state index in [1.165, 1.54) is 11.8 Å². The van der Waals surface area contributed by atoms with Crippen LogP contribution < -0.4 is 14.9 Å². The summed E-state index contributed by atoms with van der Waals surface area (Å²) in [5.41, 5.74) is 5.13. The fourth-order valence-electron chi connectivity index (χ4n) is 3.17. The van der Waals surface area contributed by atoms with E-state index in [4.69, 9.17) is 9.47 Å². The van der Waals surface area contributed by atoms with E-state index in [9.17, 15) is 4.79 Å². The van der Waals surface area contributed by atoms with Crippen molar-refractivity contribution >= 4 is 39.8 Å². The molecule has 0 saturated carbocycles. The summed E-state index contributed by atoms with van der Waals surface area (Å²) >= 11 is 4.72. The van der Waals surface area contributed by atoms with Gasteiger partial charge in [-0.25, -0.2) is 5.43 Å². The van der Waals surface area contributed by atoms with Crippen LogP contribution in [0.4, 0.5) is 0 Å². The number of benzene rings is 3. The molecule has 0 fully saturated rings. The summed E-state index contributed by atoms with van der Waals surface area (Å²) in [7, 11) is 3.24. The van der Waals surface area contributed by atoms with Gasteiger partial charge in [0.05, 0.1) is 26.2 Å². The molecule has 0 aliphatic carbocycles. The smallest absolute Gasteiger partial charge is 0.250 e.